The molecule has 1 saturated carbocycles. The van der Waals surface area contributed by atoms with Gasteiger partial charge < -0.3 is 15.5 Å². The molecule has 3 aliphatic rings. The molecule has 3 heterocycles. The van der Waals surface area contributed by atoms with E-state index in [1.807, 2.05) is 45.0 Å². The van der Waals surface area contributed by atoms with Gasteiger partial charge in [-0.2, -0.15) is 10.4 Å². The van der Waals surface area contributed by atoms with E-state index in [0.717, 1.165) is 24.1 Å². The Hall–Kier alpha value is -3.67. The van der Waals surface area contributed by atoms with E-state index in [9.17, 15) is 19.6 Å². The lowest BCUT2D eigenvalue weighted by Gasteiger charge is -2.27. The van der Waals surface area contributed by atoms with Crippen LogP contribution in [0.1, 0.15) is 62.4 Å². The number of hydrogen-bond donors (Lipinski definition) is 2. The molecule has 182 valence electrons. The molecule has 2 N–H and O–H groups in total. The number of hydrogen-bond acceptors (Lipinski definition) is 5. The third-order valence-electron chi connectivity index (χ3n) is 7.32. The number of nitrogens with zero attached hydrogens (tertiary/aromatic N) is 4. The predicted octanol–water partition coefficient (Wildman–Crippen LogP) is 2.55. The number of likely N-dealkylation sites (tertiary alicyclic amines) is 1. The van der Waals surface area contributed by atoms with Gasteiger partial charge in [0.25, 0.3) is 5.91 Å². The minimum absolute atomic E-state index is 0.117. The van der Waals surface area contributed by atoms with Crippen LogP contribution in [-0.4, -0.2) is 51.0 Å². The van der Waals surface area contributed by atoms with Crippen LogP contribution in [0.5, 0.6) is 0 Å². The van der Waals surface area contributed by atoms with Gasteiger partial charge in [-0.3, -0.25) is 19.1 Å². The molecule has 0 radical (unpaired) electrons. The third-order valence-corrected chi connectivity index (χ3v) is 7.32. The van der Waals surface area contributed by atoms with Crippen LogP contribution in [0.2, 0.25) is 0 Å². The van der Waals surface area contributed by atoms with Gasteiger partial charge in [-0.1, -0.05) is 31.0 Å². The Morgan fingerprint density at radius 1 is 1.31 bits per heavy atom. The van der Waals surface area contributed by atoms with Crippen molar-refractivity contribution >= 4 is 23.4 Å². The maximum absolute atomic E-state index is 13.8. The maximum Gasteiger partial charge on any atom is 0.255 e. The highest BCUT2D eigenvalue weighted by Gasteiger charge is 2.56. The van der Waals surface area contributed by atoms with Crippen LogP contribution in [-0.2, 0) is 20.5 Å². The second-order valence-corrected chi connectivity index (χ2v) is 10.9. The summed E-state index contributed by atoms with van der Waals surface area (Å²) in [5.74, 6) is -0.499. The van der Waals surface area contributed by atoms with Gasteiger partial charge in [0.05, 0.1) is 28.8 Å². The molecule has 2 aromatic rings. The maximum atomic E-state index is 13.8. The summed E-state index contributed by atoms with van der Waals surface area (Å²) < 4.78 is 1.71. The van der Waals surface area contributed by atoms with Crippen molar-refractivity contribution in [1.82, 2.24) is 20.0 Å². The molecule has 3 amide bonds. The summed E-state index contributed by atoms with van der Waals surface area (Å²) in [6.45, 7) is 6.09. The van der Waals surface area contributed by atoms with E-state index in [-0.39, 0.29) is 36.2 Å². The van der Waals surface area contributed by atoms with E-state index >= 15 is 0 Å². The first kappa shape index (κ1) is 23.1. The SMILES string of the molecule is CC(C)(C)n1cc(C(=O)NC(CC2CC2)C(=O)N2C[C@]3(C[C@H]2C#N)C(=O)Nc2ccccc23)cn1. The highest BCUT2D eigenvalue weighted by atomic mass is 16.2. The van der Waals surface area contributed by atoms with Crippen molar-refractivity contribution < 1.29 is 14.4 Å². The molecular formula is C26H30N6O3. The molecule has 1 aromatic heterocycles. The van der Waals surface area contributed by atoms with Crippen LogP contribution in [0.25, 0.3) is 0 Å². The Morgan fingerprint density at radius 2 is 2.06 bits per heavy atom. The highest BCUT2D eigenvalue weighted by molar-refractivity contribution is 6.07. The van der Waals surface area contributed by atoms with Crippen LogP contribution in [0.3, 0.4) is 0 Å². The Kier molecular flexibility index (Phi) is 5.42. The number of para-hydroxylation sites is 1. The molecule has 35 heavy (non-hydrogen) atoms. The minimum Gasteiger partial charge on any atom is -0.340 e. The molecule has 2 aliphatic heterocycles. The monoisotopic (exact) mass is 474 g/mol. The van der Waals surface area contributed by atoms with Crippen molar-refractivity contribution in [1.29, 1.82) is 5.26 Å². The van der Waals surface area contributed by atoms with Crippen molar-refractivity contribution in [2.45, 2.75) is 69.5 Å². The number of aromatic nitrogens is 2. The summed E-state index contributed by atoms with van der Waals surface area (Å²) >= 11 is 0. The number of fused-ring (bicyclic) bond motifs is 2. The molecule has 9 nitrogen and oxygen atoms in total. The normalized spacial score (nSPS) is 24.1. The molecule has 3 atom stereocenters. The fraction of sp³-hybridized carbons (Fsp3) is 0.500. The molecular weight excluding hydrogens is 444 g/mol. The van der Waals surface area contributed by atoms with Crippen molar-refractivity contribution in [2.24, 2.45) is 5.92 Å². The van der Waals surface area contributed by atoms with Crippen LogP contribution in [0.4, 0.5) is 5.69 Å². The number of carbonyl (C=O) groups is 3. The standard InChI is InChI=1S/C26H30N6O3/c1-25(2,3)32-14-17(13-28-32)22(33)29-21(10-16-8-9-16)23(34)31-15-26(11-18(31)12-27)19-6-4-5-7-20(19)30-24(26)35/h4-7,13-14,16,18,21H,8-11,15H2,1-3H3,(H,29,33)(H,30,35)/t18-,21?,26-/m0/s1. The van der Waals surface area contributed by atoms with Crippen molar-refractivity contribution in [3.8, 4) is 6.07 Å². The van der Waals surface area contributed by atoms with Crippen LogP contribution in [0, 0.1) is 17.2 Å². The summed E-state index contributed by atoms with van der Waals surface area (Å²) in [6.07, 6.45) is 5.97. The number of nitriles is 1. The van der Waals surface area contributed by atoms with Gasteiger partial charge in [-0.15, -0.1) is 0 Å². The summed E-state index contributed by atoms with van der Waals surface area (Å²) in [4.78, 5) is 41.4. The summed E-state index contributed by atoms with van der Waals surface area (Å²) in [7, 11) is 0. The zero-order valence-corrected chi connectivity index (χ0v) is 20.2. The smallest absolute Gasteiger partial charge is 0.255 e. The molecule has 2 fully saturated rings. The predicted molar refractivity (Wildman–Crippen MR) is 128 cm³/mol. The lowest BCUT2D eigenvalue weighted by Crippen LogP contribution is -2.51. The van der Waals surface area contributed by atoms with Crippen molar-refractivity contribution in [2.75, 3.05) is 11.9 Å². The lowest BCUT2D eigenvalue weighted by atomic mass is 9.80. The number of carbonyl (C=O) groups excluding carboxylic acids is 3. The zero-order chi connectivity index (χ0) is 25.0. The average Bonchev–Trinajstić information content (AvgIpc) is 3.24. The lowest BCUT2D eigenvalue weighted by molar-refractivity contribution is -0.133. The zero-order valence-electron chi connectivity index (χ0n) is 20.2. The molecule has 0 bridgehead atoms. The number of amides is 3. The summed E-state index contributed by atoms with van der Waals surface area (Å²) in [5.41, 5.74) is 0.700. The number of anilines is 1. The van der Waals surface area contributed by atoms with Crippen molar-refractivity contribution in [3.05, 3.63) is 47.8 Å². The molecule has 1 unspecified atom stereocenters. The second kappa shape index (κ2) is 8.22. The molecule has 9 heteroatoms. The van der Waals surface area contributed by atoms with E-state index in [4.69, 9.17) is 0 Å². The average molecular weight is 475 g/mol. The van der Waals surface area contributed by atoms with Crippen LogP contribution < -0.4 is 10.6 Å². The first-order valence-electron chi connectivity index (χ1n) is 12.1. The van der Waals surface area contributed by atoms with Gasteiger partial charge in [-0.05, 0) is 44.7 Å². The van der Waals surface area contributed by atoms with Gasteiger partial charge in [0.15, 0.2) is 0 Å². The first-order chi connectivity index (χ1) is 16.6. The van der Waals surface area contributed by atoms with Gasteiger partial charge in [0, 0.05) is 24.8 Å². The van der Waals surface area contributed by atoms with E-state index in [2.05, 4.69) is 21.8 Å². The topological polar surface area (TPSA) is 120 Å². The second-order valence-electron chi connectivity index (χ2n) is 10.9. The summed E-state index contributed by atoms with van der Waals surface area (Å²) in [5, 5.41) is 20.0. The first-order valence-corrected chi connectivity index (χ1v) is 12.1. The molecule has 5 rings (SSSR count). The van der Waals surface area contributed by atoms with Gasteiger partial charge >= 0.3 is 0 Å². The molecule has 1 aromatic carbocycles. The number of nitrogens with one attached hydrogen (secondary N) is 2. The van der Waals surface area contributed by atoms with Gasteiger partial charge in [-0.25, -0.2) is 0 Å². The number of benzene rings is 1. The van der Waals surface area contributed by atoms with Crippen molar-refractivity contribution in [3.63, 3.8) is 0 Å². The number of rotatable bonds is 5. The molecule has 1 aliphatic carbocycles. The van der Waals surface area contributed by atoms with Gasteiger partial charge in [0.1, 0.15) is 12.1 Å². The Bertz CT molecular complexity index is 1230. The van der Waals surface area contributed by atoms with E-state index in [1.165, 1.54) is 11.1 Å². The molecule has 1 saturated heterocycles. The quantitative estimate of drug-likeness (QED) is 0.690. The van der Waals surface area contributed by atoms with E-state index < -0.39 is 17.5 Å². The van der Waals surface area contributed by atoms with Crippen LogP contribution in [0.15, 0.2) is 36.7 Å². The molecule has 1 spiro atoms. The highest BCUT2D eigenvalue weighted by Crippen LogP contribution is 2.46. The minimum atomic E-state index is -0.950. The Labute approximate surface area is 204 Å². The third kappa shape index (κ3) is 4.07. The van der Waals surface area contributed by atoms with Crippen LogP contribution >= 0.6 is 0 Å². The Morgan fingerprint density at radius 3 is 2.71 bits per heavy atom. The Balaban J connectivity index is 1.39. The van der Waals surface area contributed by atoms with Gasteiger partial charge in [0.2, 0.25) is 11.8 Å². The fourth-order valence-corrected chi connectivity index (χ4v) is 5.14. The van der Waals surface area contributed by atoms with E-state index in [0.29, 0.717) is 17.9 Å². The summed E-state index contributed by atoms with van der Waals surface area (Å²) in [6, 6.07) is 8.14. The largest absolute Gasteiger partial charge is 0.340 e. The fourth-order valence-electron chi connectivity index (χ4n) is 5.14. The van der Waals surface area contributed by atoms with E-state index in [1.54, 1.807) is 10.9 Å².